The number of fused-ring (bicyclic) bond motifs is 1. The highest BCUT2D eigenvalue weighted by molar-refractivity contribution is 5.92. The lowest BCUT2D eigenvalue weighted by Crippen LogP contribution is -2.20. The maximum Gasteiger partial charge on any atom is 0.343 e. The van der Waals surface area contributed by atoms with Gasteiger partial charge in [0.2, 0.25) is 0 Å². The van der Waals surface area contributed by atoms with Gasteiger partial charge in [-0.2, -0.15) is 0 Å². The summed E-state index contributed by atoms with van der Waals surface area (Å²) in [6, 6.07) is 11.2. The van der Waals surface area contributed by atoms with Crippen LogP contribution in [0.1, 0.15) is 23.1 Å². The van der Waals surface area contributed by atoms with Gasteiger partial charge in [-0.15, -0.1) is 0 Å². The van der Waals surface area contributed by atoms with Crippen molar-refractivity contribution >= 4 is 17.6 Å². The molecule has 0 unspecified atom stereocenters. The highest BCUT2D eigenvalue weighted by Crippen LogP contribution is 2.26. The Balaban J connectivity index is 1.52. The van der Waals surface area contributed by atoms with Crippen LogP contribution < -0.4 is 14.8 Å². The summed E-state index contributed by atoms with van der Waals surface area (Å²) in [4.78, 5) is 23.3. The second kappa shape index (κ2) is 8.58. The first-order valence-electron chi connectivity index (χ1n) is 8.90. The molecule has 0 saturated heterocycles. The third kappa shape index (κ3) is 5.00. The monoisotopic (exact) mass is 369 g/mol. The van der Waals surface area contributed by atoms with Crippen molar-refractivity contribution in [3.8, 4) is 11.5 Å². The largest absolute Gasteiger partial charge is 0.484 e. The molecule has 0 saturated carbocycles. The molecule has 0 bridgehead atoms. The maximum absolute atomic E-state index is 12.2. The molecule has 1 aliphatic rings. The van der Waals surface area contributed by atoms with Gasteiger partial charge in [0.25, 0.3) is 5.91 Å². The SMILES string of the molecule is COC(=O)COc1ccc(NC(=O)COc2ccc3c(c2)CCC3)c(C)c1. The summed E-state index contributed by atoms with van der Waals surface area (Å²) in [7, 11) is 1.31. The minimum absolute atomic E-state index is 0.0567. The molecule has 0 radical (unpaired) electrons. The Bertz CT molecular complexity index is 846. The molecular weight excluding hydrogens is 346 g/mol. The van der Waals surface area contributed by atoms with E-state index >= 15 is 0 Å². The van der Waals surface area contributed by atoms with Crippen molar-refractivity contribution in [1.82, 2.24) is 0 Å². The normalized spacial score (nSPS) is 12.2. The summed E-state index contributed by atoms with van der Waals surface area (Å²) in [6.45, 7) is 1.64. The second-order valence-corrected chi connectivity index (χ2v) is 6.46. The number of rotatable bonds is 7. The van der Waals surface area contributed by atoms with E-state index < -0.39 is 5.97 Å². The van der Waals surface area contributed by atoms with Crippen LogP contribution in [0.3, 0.4) is 0 Å². The van der Waals surface area contributed by atoms with E-state index in [0.717, 1.165) is 18.4 Å². The van der Waals surface area contributed by atoms with Gasteiger partial charge in [-0.1, -0.05) is 6.07 Å². The Hall–Kier alpha value is -3.02. The van der Waals surface area contributed by atoms with E-state index in [-0.39, 0.29) is 19.1 Å². The van der Waals surface area contributed by atoms with Gasteiger partial charge in [-0.05, 0) is 73.2 Å². The summed E-state index contributed by atoms with van der Waals surface area (Å²) in [5.41, 5.74) is 4.18. The molecule has 1 N–H and O–H groups in total. The number of ether oxygens (including phenoxy) is 3. The van der Waals surface area contributed by atoms with Crippen LogP contribution in [-0.4, -0.2) is 32.2 Å². The number of esters is 1. The number of carbonyl (C=O) groups excluding carboxylic acids is 2. The lowest BCUT2D eigenvalue weighted by Gasteiger charge is -2.12. The fraction of sp³-hybridized carbons (Fsp3) is 0.333. The average molecular weight is 369 g/mol. The zero-order chi connectivity index (χ0) is 19.2. The Kier molecular flexibility index (Phi) is 5.96. The number of amides is 1. The lowest BCUT2D eigenvalue weighted by molar-refractivity contribution is -0.142. The number of hydrogen-bond acceptors (Lipinski definition) is 5. The molecule has 6 nitrogen and oxygen atoms in total. The minimum Gasteiger partial charge on any atom is -0.484 e. The van der Waals surface area contributed by atoms with E-state index in [9.17, 15) is 9.59 Å². The van der Waals surface area contributed by atoms with Crippen molar-refractivity contribution < 1.29 is 23.8 Å². The van der Waals surface area contributed by atoms with Gasteiger partial charge in [0.1, 0.15) is 11.5 Å². The molecule has 0 aliphatic heterocycles. The fourth-order valence-corrected chi connectivity index (χ4v) is 3.04. The summed E-state index contributed by atoms with van der Waals surface area (Å²) < 4.78 is 15.5. The summed E-state index contributed by atoms with van der Waals surface area (Å²) in [5.74, 6) is 0.565. The Labute approximate surface area is 158 Å². The molecule has 3 rings (SSSR count). The minimum atomic E-state index is -0.450. The number of carbonyl (C=O) groups is 2. The first-order valence-corrected chi connectivity index (χ1v) is 8.90. The van der Waals surface area contributed by atoms with Crippen LogP contribution in [0.4, 0.5) is 5.69 Å². The lowest BCUT2D eigenvalue weighted by atomic mass is 10.1. The average Bonchev–Trinajstić information content (AvgIpc) is 3.14. The van der Waals surface area contributed by atoms with Crippen molar-refractivity contribution in [1.29, 1.82) is 0 Å². The van der Waals surface area contributed by atoms with Crippen molar-refractivity contribution in [2.75, 3.05) is 25.6 Å². The Morgan fingerprint density at radius 3 is 2.44 bits per heavy atom. The second-order valence-electron chi connectivity index (χ2n) is 6.46. The zero-order valence-corrected chi connectivity index (χ0v) is 15.5. The third-order valence-corrected chi connectivity index (χ3v) is 4.50. The molecule has 1 aliphatic carbocycles. The number of hydrogen-bond donors (Lipinski definition) is 1. The van der Waals surface area contributed by atoms with E-state index in [1.807, 2.05) is 19.1 Å². The molecule has 27 heavy (non-hydrogen) atoms. The van der Waals surface area contributed by atoms with Gasteiger partial charge in [0.15, 0.2) is 13.2 Å². The fourth-order valence-electron chi connectivity index (χ4n) is 3.04. The number of methoxy groups -OCH3 is 1. The third-order valence-electron chi connectivity index (χ3n) is 4.50. The highest BCUT2D eigenvalue weighted by Gasteiger charge is 2.12. The molecule has 2 aromatic rings. The Morgan fingerprint density at radius 1 is 0.963 bits per heavy atom. The Morgan fingerprint density at radius 2 is 1.67 bits per heavy atom. The van der Waals surface area contributed by atoms with Crippen molar-refractivity contribution in [2.24, 2.45) is 0 Å². The molecule has 0 heterocycles. The maximum atomic E-state index is 12.2. The predicted octanol–water partition coefficient (Wildman–Crippen LogP) is 3.05. The van der Waals surface area contributed by atoms with Crippen LogP contribution in [0.25, 0.3) is 0 Å². The van der Waals surface area contributed by atoms with E-state index in [2.05, 4.69) is 16.1 Å². The van der Waals surface area contributed by atoms with Crippen molar-refractivity contribution in [3.63, 3.8) is 0 Å². The first-order chi connectivity index (χ1) is 13.0. The molecule has 0 aromatic heterocycles. The summed E-state index contributed by atoms with van der Waals surface area (Å²) in [5, 5.41) is 2.82. The molecule has 0 spiro atoms. The number of benzene rings is 2. The molecular formula is C21H23NO5. The van der Waals surface area contributed by atoms with Crippen molar-refractivity contribution in [2.45, 2.75) is 26.2 Å². The van der Waals surface area contributed by atoms with Crippen LogP contribution in [-0.2, 0) is 27.2 Å². The quantitative estimate of drug-likeness (QED) is 0.760. The molecule has 2 aromatic carbocycles. The van der Waals surface area contributed by atoms with Crippen molar-refractivity contribution in [3.05, 3.63) is 53.1 Å². The molecule has 6 heteroatoms. The van der Waals surface area contributed by atoms with Gasteiger partial charge in [0, 0.05) is 5.69 Å². The summed E-state index contributed by atoms with van der Waals surface area (Å²) in [6.07, 6.45) is 3.37. The van der Waals surface area contributed by atoms with Crippen LogP contribution in [0, 0.1) is 6.92 Å². The number of aryl methyl sites for hydroxylation is 3. The zero-order valence-electron chi connectivity index (χ0n) is 15.5. The number of nitrogens with one attached hydrogen (secondary N) is 1. The van der Waals surface area contributed by atoms with Gasteiger partial charge >= 0.3 is 5.97 Å². The smallest absolute Gasteiger partial charge is 0.343 e. The van der Waals surface area contributed by atoms with Gasteiger partial charge in [-0.25, -0.2) is 4.79 Å². The van der Waals surface area contributed by atoms with E-state index in [1.165, 1.54) is 24.7 Å². The predicted molar refractivity (Wildman–Crippen MR) is 101 cm³/mol. The topological polar surface area (TPSA) is 73.9 Å². The number of anilines is 1. The van der Waals surface area contributed by atoms with Crippen LogP contribution in [0.5, 0.6) is 11.5 Å². The van der Waals surface area contributed by atoms with Crippen LogP contribution in [0.15, 0.2) is 36.4 Å². The van der Waals surface area contributed by atoms with Gasteiger partial charge < -0.3 is 19.5 Å². The van der Waals surface area contributed by atoms with Gasteiger partial charge in [0.05, 0.1) is 7.11 Å². The molecule has 0 fully saturated rings. The first kappa shape index (κ1) is 18.8. The van der Waals surface area contributed by atoms with E-state index in [4.69, 9.17) is 9.47 Å². The van der Waals surface area contributed by atoms with Crippen LogP contribution in [0.2, 0.25) is 0 Å². The standard InChI is InChI=1S/C21H23NO5/c1-14-10-17(27-13-21(24)25-2)8-9-19(14)22-20(23)12-26-18-7-6-15-4-3-5-16(15)11-18/h6-11H,3-5,12-13H2,1-2H3,(H,22,23). The van der Waals surface area contributed by atoms with Gasteiger partial charge in [-0.3, -0.25) is 4.79 Å². The molecule has 142 valence electrons. The molecule has 1 amide bonds. The van der Waals surface area contributed by atoms with Crippen LogP contribution >= 0.6 is 0 Å². The highest BCUT2D eigenvalue weighted by atomic mass is 16.6. The van der Waals surface area contributed by atoms with E-state index in [1.54, 1.807) is 18.2 Å². The summed E-state index contributed by atoms with van der Waals surface area (Å²) >= 11 is 0. The molecule has 0 atom stereocenters. The van der Waals surface area contributed by atoms with E-state index in [0.29, 0.717) is 17.2 Å².